The molecule has 1 aliphatic heterocycles. The molecule has 0 saturated carbocycles. The van der Waals surface area contributed by atoms with Gasteiger partial charge in [-0.25, -0.2) is 0 Å². The van der Waals surface area contributed by atoms with Gasteiger partial charge in [-0.3, -0.25) is 0 Å². The molecule has 1 heterocycles. The third kappa shape index (κ3) is 1.59. The van der Waals surface area contributed by atoms with Crippen molar-refractivity contribution < 1.29 is 4.74 Å². The molecule has 0 aliphatic carbocycles. The van der Waals surface area contributed by atoms with E-state index in [1.165, 1.54) is 6.42 Å². The molecule has 0 N–H and O–H groups in total. The first-order valence-electron chi connectivity index (χ1n) is 2.93. The van der Waals surface area contributed by atoms with Crippen LogP contribution >= 0.6 is 0 Å². The fourth-order valence-electron chi connectivity index (χ4n) is 0.878. The molecule has 38 valence electrons. The van der Waals surface area contributed by atoms with Gasteiger partial charge in [-0.1, -0.05) is 0 Å². The summed E-state index contributed by atoms with van der Waals surface area (Å²) >= 11 is 0. The molecule has 0 spiro atoms. The lowest BCUT2D eigenvalue weighted by Crippen LogP contribution is -2.21. The van der Waals surface area contributed by atoms with E-state index in [0.29, 0.717) is 6.00 Å². The van der Waals surface area contributed by atoms with Crippen molar-refractivity contribution in [3.8, 4) is 0 Å². The van der Waals surface area contributed by atoms with Gasteiger partial charge in [0.25, 0.3) is 0 Å². The van der Waals surface area contributed by atoms with E-state index < -0.39 is 0 Å². The first-order chi connectivity index (χ1) is 3.93. The van der Waals surface area contributed by atoms with Gasteiger partial charge in [0.15, 0.2) is 0 Å². The molecule has 4 heteroatoms. The van der Waals surface area contributed by atoms with E-state index in [0.717, 1.165) is 13.0 Å². The van der Waals surface area contributed by atoms with Crippen LogP contribution in [0.25, 0.3) is 0 Å². The summed E-state index contributed by atoms with van der Waals surface area (Å²) in [5.74, 6) is 0. The molecule has 1 unspecified atom stereocenters. The number of ether oxygens (including phenoxy) is 1. The number of hydrogen-bond donors (Lipinski definition) is 0. The lowest BCUT2D eigenvalue weighted by molar-refractivity contribution is 0.167. The van der Waals surface area contributed by atoms with E-state index in [1.54, 1.807) is 7.06 Å². The monoisotopic (exact) mass is 104 g/mol. The Labute approximate surface area is 53.0 Å². The van der Waals surface area contributed by atoms with Crippen LogP contribution in [-0.2, 0) is 4.74 Å². The fourth-order valence-corrected chi connectivity index (χ4v) is 0.878. The van der Waals surface area contributed by atoms with Crippen molar-refractivity contribution in [1.82, 2.24) is 0 Å². The lowest BCUT2D eigenvalue weighted by atomic mass is 9.26. The first-order valence-corrected chi connectivity index (χ1v) is 2.93. The highest BCUT2D eigenvalue weighted by atomic mass is 16.5. The Morgan fingerprint density at radius 2 is 2.50 bits per heavy atom. The van der Waals surface area contributed by atoms with Crippen molar-refractivity contribution >= 4 is 22.0 Å². The third-order valence-electron chi connectivity index (χ3n) is 1.29. The van der Waals surface area contributed by atoms with E-state index >= 15 is 0 Å². The molecular formula is C4H7B3O. The Bertz CT molecular complexity index is 62.3. The van der Waals surface area contributed by atoms with Gasteiger partial charge >= 0.3 is 0 Å². The van der Waals surface area contributed by atoms with Gasteiger partial charge in [-0.05, 0) is 12.8 Å². The summed E-state index contributed by atoms with van der Waals surface area (Å²) in [6.07, 6.45) is 2.31. The van der Waals surface area contributed by atoms with E-state index in [2.05, 4.69) is 0 Å². The van der Waals surface area contributed by atoms with Crippen LogP contribution in [0.4, 0.5) is 0 Å². The second-order valence-corrected chi connectivity index (χ2v) is 1.94. The maximum absolute atomic E-state index is 5.23. The third-order valence-corrected chi connectivity index (χ3v) is 1.29. The summed E-state index contributed by atoms with van der Waals surface area (Å²) in [7, 11) is 8.60. The molecule has 0 amide bonds. The van der Waals surface area contributed by atoms with Gasteiger partial charge in [0.2, 0.25) is 0 Å². The molecule has 0 aromatic carbocycles. The molecular weight excluding hydrogens is 96.5 g/mol. The summed E-state index contributed by atoms with van der Waals surface area (Å²) in [6.45, 7) is 0.898. The summed E-state index contributed by atoms with van der Waals surface area (Å²) in [5.41, 5.74) is 0. The summed E-state index contributed by atoms with van der Waals surface area (Å²) < 4.78 is 5.23. The van der Waals surface area contributed by atoms with Crippen LogP contribution in [0.15, 0.2) is 0 Å². The number of rotatable bonds is 2. The van der Waals surface area contributed by atoms with Crippen molar-refractivity contribution in [2.45, 2.75) is 18.8 Å². The molecule has 0 aromatic rings. The highest BCUT2D eigenvalue weighted by molar-refractivity contribution is 7.24. The summed E-state index contributed by atoms with van der Waals surface area (Å²) in [6, 6.07) is 0.306. The normalized spacial score (nSPS) is 27.8. The quantitative estimate of drug-likeness (QED) is 0.430. The number of hydrogen-bond acceptors (Lipinski definition) is 1. The molecule has 1 fully saturated rings. The van der Waals surface area contributed by atoms with Gasteiger partial charge in [-0.15, -0.1) is 0 Å². The largest absolute Gasteiger partial charge is 0.388 e. The predicted molar refractivity (Wildman–Crippen MR) is 36.2 cm³/mol. The van der Waals surface area contributed by atoms with Gasteiger partial charge < -0.3 is 4.74 Å². The first kappa shape index (κ1) is 6.28. The average Bonchev–Trinajstić information content (AvgIpc) is 2.19. The minimum Gasteiger partial charge on any atom is -0.388 e. The summed E-state index contributed by atoms with van der Waals surface area (Å²) in [5, 5.41) is 0. The van der Waals surface area contributed by atoms with Crippen LogP contribution in [0.1, 0.15) is 12.8 Å². The van der Waals surface area contributed by atoms with Crippen LogP contribution in [0.3, 0.4) is 0 Å². The zero-order chi connectivity index (χ0) is 5.82. The Balaban J connectivity index is 2.06. The minimum atomic E-state index is 0.306. The van der Waals surface area contributed by atoms with Crippen LogP contribution < -0.4 is 0 Å². The van der Waals surface area contributed by atoms with Crippen molar-refractivity contribution in [3.63, 3.8) is 0 Å². The standard InChI is InChI=1S/C4H7B3O/c5-7-6-4-2-1-3-8-4/h4H,1-3H2. The van der Waals surface area contributed by atoms with Crippen LogP contribution in [-0.4, -0.2) is 34.6 Å². The Morgan fingerprint density at radius 3 is 3.00 bits per heavy atom. The fraction of sp³-hybridized carbons (Fsp3) is 1.00. The van der Waals surface area contributed by atoms with Crippen LogP contribution in [0.2, 0.25) is 0 Å². The van der Waals surface area contributed by atoms with Gasteiger partial charge in [0, 0.05) is 27.4 Å². The smallest absolute Gasteiger partial charge is 0.0940 e. The predicted octanol–water partition coefficient (Wildman–Crippen LogP) is -0.470. The Morgan fingerprint density at radius 1 is 1.62 bits per heavy atom. The molecule has 0 bridgehead atoms. The highest BCUT2D eigenvalue weighted by Gasteiger charge is 2.13. The van der Waals surface area contributed by atoms with Crippen molar-refractivity contribution in [3.05, 3.63) is 0 Å². The second kappa shape index (κ2) is 3.23. The molecule has 1 rings (SSSR count). The van der Waals surface area contributed by atoms with Crippen LogP contribution in [0, 0.1) is 0 Å². The lowest BCUT2D eigenvalue weighted by Gasteiger charge is -2.03. The van der Waals surface area contributed by atoms with Crippen molar-refractivity contribution in [1.29, 1.82) is 0 Å². The minimum absolute atomic E-state index is 0.306. The van der Waals surface area contributed by atoms with E-state index in [9.17, 15) is 0 Å². The van der Waals surface area contributed by atoms with E-state index in [-0.39, 0.29) is 0 Å². The maximum Gasteiger partial charge on any atom is 0.0940 e. The SMILES string of the molecule is [B][B][B]C1CCCO1. The van der Waals surface area contributed by atoms with Crippen molar-refractivity contribution in [2.75, 3.05) is 6.61 Å². The van der Waals surface area contributed by atoms with Crippen LogP contribution in [0.5, 0.6) is 0 Å². The average molecular weight is 104 g/mol. The molecule has 8 heavy (non-hydrogen) atoms. The van der Waals surface area contributed by atoms with Gasteiger partial charge in [-0.2, -0.15) is 0 Å². The van der Waals surface area contributed by atoms with Gasteiger partial charge in [0.1, 0.15) is 0 Å². The Hall–Kier alpha value is 0.155. The molecule has 1 atom stereocenters. The van der Waals surface area contributed by atoms with E-state index in [1.807, 2.05) is 7.17 Å². The zero-order valence-electron chi connectivity index (χ0n) is 4.84. The summed E-state index contributed by atoms with van der Waals surface area (Å²) in [4.78, 5) is 0. The molecule has 1 aliphatic rings. The molecule has 1 saturated heterocycles. The Kier molecular flexibility index (Phi) is 2.54. The van der Waals surface area contributed by atoms with E-state index in [4.69, 9.17) is 12.5 Å². The maximum atomic E-state index is 5.23. The molecule has 0 aromatic heterocycles. The molecule has 1 nitrogen and oxygen atoms in total. The topological polar surface area (TPSA) is 9.23 Å². The second-order valence-electron chi connectivity index (χ2n) is 1.94. The zero-order valence-corrected chi connectivity index (χ0v) is 4.84. The van der Waals surface area contributed by atoms with Crippen molar-refractivity contribution in [2.24, 2.45) is 0 Å². The molecule has 4 radical (unpaired) electrons. The highest BCUT2D eigenvalue weighted by Crippen LogP contribution is 2.09. The van der Waals surface area contributed by atoms with Gasteiger partial charge in [0.05, 0.1) is 7.17 Å².